The molecule has 0 aliphatic heterocycles. The molecule has 2 nitrogen and oxygen atoms in total. The first-order valence-corrected chi connectivity index (χ1v) is 6.85. The van der Waals surface area contributed by atoms with Gasteiger partial charge in [-0.15, -0.1) is 0 Å². The number of rotatable bonds is 6. The highest BCUT2D eigenvalue weighted by atomic mass is 19.1. The van der Waals surface area contributed by atoms with Gasteiger partial charge in [0.15, 0.2) is 0 Å². The van der Waals surface area contributed by atoms with Crippen LogP contribution < -0.4 is 4.74 Å². The fraction of sp³-hybridized carbons (Fsp3) is 0.294. The minimum atomic E-state index is -0.704. The second-order valence-corrected chi connectivity index (χ2v) is 4.74. The Hall–Kier alpha value is -1.87. The van der Waals surface area contributed by atoms with Crippen molar-refractivity contribution < 1.29 is 14.2 Å². The van der Waals surface area contributed by atoms with Gasteiger partial charge in [0.25, 0.3) is 0 Å². The van der Waals surface area contributed by atoms with Gasteiger partial charge in [-0.2, -0.15) is 0 Å². The molecule has 0 saturated carbocycles. The van der Waals surface area contributed by atoms with Gasteiger partial charge in [-0.25, -0.2) is 4.39 Å². The van der Waals surface area contributed by atoms with Gasteiger partial charge in [0.2, 0.25) is 0 Å². The van der Waals surface area contributed by atoms with Gasteiger partial charge in [-0.1, -0.05) is 37.3 Å². The smallest absolute Gasteiger partial charge is 0.125 e. The Balaban J connectivity index is 2.14. The predicted octanol–water partition coefficient (Wildman–Crippen LogP) is 3.89. The number of hydrogen-bond acceptors (Lipinski definition) is 2. The minimum absolute atomic E-state index is 0.287. The van der Waals surface area contributed by atoms with Crippen molar-refractivity contribution in [2.45, 2.75) is 25.9 Å². The lowest BCUT2D eigenvalue weighted by molar-refractivity contribution is 0.171. The summed E-state index contributed by atoms with van der Waals surface area (Å²) in [7, 11) is 0. The first-order chi connectivity index (χ1) is 9.70. The second kappa shape index (κ2) is 7.06. The zero-order valence-electron chi connectivity index (χ0n) is 11.6. The van der Waals surface area contributed by atoms with Crippen LogP contribution in [0.1, 0.15) is 30.6 Å². The summed E-state index contributed by atoms with van der Waals surface area (Å²) in [5, 5.41) is 10.3. The van der Waals surface area contributed by atoms with Crippen LogP contribution in [-0.2, 0) is 6.42 Å². The number of benzene rings is 2. The van der Waals surface area contributed by atoms with Crippen molar-refractivity contribution in [2.75, 3.05) is 6.61 Å². The maximum Gasteiger partial charge on any atom is 0.125 e. The second-order valence-electron chi connectivity index (χ2n) is 4.74. The zero-order chi connectivity index (χ0) is 14.4. The Bertz CT molecular complexity index is 554. The first-order valence-electron chi connectivity index (χ1n) is 6.85. The van der Waals surface area contributed by atoms with Crippen molar-refractivity contribution in [2.24, 2.45) is 0 Å². The van der Waals surface area contributed by atoms with E-state index in [4.69, 9.17) is 4.74 Å². The summed E-state index contributed by atoms with van der Waals surface area (Å²) in [6, 6.07) is 13.7. The highest BCUT2D eigenvalue weighted by Crippen LogP contribution is 2.27. The summed E-state index contributed by atoms with van der Waals surface area (Å²) in [5.41, 5.74) is 1.51. The van der Waals surface area contributed by atoms with Gasteiger partial charge in [0.1, 0.15) is 11.6 Å². The Morgan fingerprint density at radius 1 is 1.15 bits per heavy atom. The zero-order valence-corrected chi connectivity index (χ0v) is 11.6. The molecule has 2 rings (SSSR count). The molecule has 0 aromatic heterocycles. The molecule has 1 N–H and O–H groups in total. The quantitative estimate of drug-likeness (QED) is 0.866. The molecule has 0 spiro atoms. The molecule has 3 heteroatoms. The molecule has 0 radical (unpaired) electrons. The molecule has 1 atom stereocenters. The van der Waals surface area contributed by atoms with E-state index in [-0.39, 0.29) is 5.82 Å². The average molecular weight is 274 g/mol. The van der Waals surface area contributed by atoms with E-state index >= 15 is 0 Å². The number of hydrogen-bond donors (Lipinski definition) is 1. The highest BCUT2D eigenvalue weighted by Gasteiger charge is 2.14. The van der Waals surface area contributed by atoms with E-state index in [0.717, 1.165) is 17.5 Å². The van der Waals surface area contributed by atoms with Gasteiger partial charge < -0.3 is 9.84 Å². The van der Waals surface area contributed by atoms with Crippen LogP contribution >= 0.6 is 0 Å². The number of halogens is 1. The lowest BCUT2D eigenvalue weighted by Crippen LogP contribution is -2.06. The van der Waals surface area contributed by atoms with Gasteiger partial charge in [0, 0.05) is 12.0 Å². The van der Waals surface area contributed by atoms with Gasteiger partial charge >= 0.3 is 0 Å². The molecule has 2 aromatic rings. The maximum absolute atomic E-state index is 13.2. The summed E-state index contributed by atoms with van der Waals surface area (Å²) < 4.78 is 18.8. The Labute approximate surface area is 118 Å². The standard InChI is InChI=1S/C17H19FO2/c1-2-10-20-17-9-4-3-8-15(17)16(19)12-13-6-5-7-14(18)11-13/h3-9,11,16,19H,2,10,12H2,1H3. The minimum Gasteiger partial charge on any atom is -0.493 e. The van der Waals surface area contributed by atoms with Crippen molar-refractivity contribution in [3.63, 3.8) is 0 Å². The number of aliphatic hydroxyl groups is 1. The third-order valence-electron chi connectivity index (χ3n) is 3.06. The lowest BCUT2D eigenvalue weighted by Gasteiger charge is -2.16. The fourth-order valence-electron chi connectivity index (χ4n) is 2.10. The van der Waals surface area contributed by atoms with Crippen molar-refractivity contribution in [1.29, 1.82) is 0 Å². The molecule has 0 fully saturated rings. The van der Waals surface area contributed by atoms with E-state index in [2.05, 4.69) is 0 Å². The van der Waals surface area contributed by atoms with Crippen LogP contribution in [-0.4, -0.2) is 11.7 Å². The van der Waals surface area contributed by atoms with Crippen molar-refractivity contribution in [1.82, 2.24) is 0 Å². The molecule has 2 aromatic carbocycles. The normalized spacial score (nSPS) is 12.2. The highest BCUT2D eigenvalue weighted by molar-refractivity contribution is 5.36. The van der Waals surface area contributed by atoms with Crippen LogP contribution in [0.2, 0.25) is 0 Å². The topological polar surface area (TPSA) is 29.5 Å². The van der Waals surface area contributed by atoms with E-state index in [9.17, 15) is 9.50 Å². The summed E-state index contributed by atoms with van der Waals surface area (Å²) in [6.45, 7) is 2.65. The van der Waals surface area contributed by atoms with E-state index < -0.39 is 6.10 Å². The van der Waals surface area contributed by atoms with Crippen LogP contribution in [0, 0.1) is 5.82 Å². The van der Waals surface area contributed by atoms with E-state index in [1.807, 2.05) is 37.3 Å². The Morgan fingerprint density at radius 2 is 1.95 bits per heavy atom. The van der Waals surface area contributed by atoms with Crippen molar-refractivity contribution in [3.8, 4) is 5.75 Å². The largest absolute Gasteiger partial charge is 0.493 e. The first kappa shape index (κ1) is 14.5. The van der Waals surface area contributed by atoms with Crippen LogP contribution in [0.5, 0.6) is 5.75 Å². The van der Waals surface area contributed by atoms with Crippen molar-refractivity contribution in [3.05, 3.63) is 65.5 Å². The summed E-state index contributed by atoms with van der Waals surface area (Å²) in [4.78, 5) is 0. The summed E-state index contributed by atoms with van der Waals surface area (Å²) in [6.07, 6.45) is 0.573. The van der Waals surface area contributed by atoms with Gasteiger partial charge in [-0.3, -0.25) is 0 Å². The molecule has 20 heavy (non-hydrogen) atoms. The average Bonchev–Trinajstić information content (AvgIpc) is 2.45. The van der Waals surface area contributed by atoms with Gasteiger partial charge in [-0.05, 0) is 30.2 Å². The fourth-order valence-corrected chi connectivity index (χ4v) is 2.10. The predicted molar refractivity (Wildman–Crippen MR) is 77.3 cm³/mol. The van der Waals surface area contributed by atoms with Crippen molar-refractivity contribution >= 4 is 0 Å². The number of ether oxygens (including phenoxy) is 1. The van der Waals surface area contributed by atoms with Crippen LogP contribution in [0.4, 0.5) is 4.39 Å². The van der Waals surface area contributed by atoms with Crippen LogP contribution in [0.15, 0.2) is 48.5 Å². The SMILES string of the molecule is CCCOc1ccccc1C(O)Cc1cccc(F)c1. The maximum atomic E-state index is 13.2. The van der Waals surface area contributed by atoms with E-state index in [1.165, 1.54) is 12.1 Å². The molecular weight excluding hydrogens is 255 g/mol. The molecular formula is C17H19FO2. The molecule has 0 heterocycles. The molecule has 0 saturated heterocycles. The summed E-state index contributed by atoms with van der Waals surface area (Å²) in [5.74, 6) is 0.406. The Kier molecular flexibility index (Phi) is 5.13. The monoisotopic (exact) mass is 274 g/mol. The Morgan fingerprint density at radius 3 is 2.70 bits per heavy atom. The molecule has 0 bridgehead atoms. The van der Waals surface area contributed by atoms with Gasteiger partial charge in [0.05, 0.1) is 12.7 Å². The molecule has 0 amide bonds. The lowest BCUT2D eigenvalue weighted by atomic mass is 10.0. The molecule has 0 aliphatic rings. The third kappa shape index (κ3) is 3.81. The van der Waals surface area contributed by atoms with Crippen LogP contribution in [0.3, 0.4) is 0 Å². The molecule has 0 aliphatic carbocycles. The third-order valence-corrected chi connectivity index (χ3v) is 3.06. The molecule has 106 valence electrons. The summed E-state index contributed by atoms with van der Waals surface area (Å²) >= 11 is 0. The van der Waals surface area contributed by atoms with E-state index in [1.54, 1.807) is 6.07 Å². The van der Waals surface area contributed by atoms with Crippen LogP contribution in [0.25, 0.3) is 0 Å². The number of aliphatic hydroxyl groups excluding tert-OH is 1. The molecule has 1 unspecified atom stereocenters. The number of para-hydroxylation sites is 1. The van der Waals surface area contributed by atoms with E-state index in [0.29, 0.717) is 18.8 Å².